The van der Waals surface area contributed by atoms with Crippen molar-refractivity contribution in [1.82, 2.24) is 0 Å². The highest BCUT2D eigenvalue weighted by Crippen LogP contribution is 2.22. The SMILES string of the molecule is CC(C)(C)OC(=O)[N+]1(CO)CCCC1. The van der Waals surface area contributed by atoms with Crippen LogP contribution in [0.25, 0.3) is 0 Å². The standard InChI is InChI=1S/C10H20NO3/c1-10(2,3)14-9(13)11(8-12)6-4-5-7-11/h12H,4-8H2,1-3H3/q+1. The summed E-state index contributed by atoms with van der Waals surface area (Å²) in [5, 5.41) is 9.26. The van der Waals surface area contributed by atoms with Crippen LogP contribution in [0.3, 0.4) is 0 Å². The maximum Gasteiger partial charge on any atom is 0.518 e. The Morgan fingerprint density at radius 1 is 1.36 bits per heavy atom. The molecule has 0 aromatic carbocycles. The van der Waals surface area contributed by atoms with Crippen LogP contribution in [0.2, 0.25) is 0 Å². The Balaban J connectivity index is 2.66. The van der Waals surface area contributed by atoms with Gasteiger partial charge < -0.3 is 9.84 Å². The number of carbonyl (C=O) groups is 1. The third-order valence-corrected chi connectivity index (χ3v) is 2.47. The summed E-state index contributed by atoms with van der Waals surface area (Å²) in [4.78, 5) is 11.8. The zero-order chi connectivity index (χ0) is 10.8. The summed E-state index contributed by atoms with van der Waals surface area (Å²) in [5.74, 6) is 0. The molecule has 0 bridgehead atoms. The molecular weight excluding hydrogens is 182 g/mol. The topological polar surface area (TPSA) is 46.5 Å². The third-order valence-electron chi connectivity index (χ3n) is 2.47. The zero-order valence-corrected chi connectivity index (χ0v) is 9.25. The van der Waals surface area contributed by atoms with Crippen molar-refractivity contribution in [2.75, 3.05) is 19.8 Å². The van der Waals surface area contributed by atoms with Crippen LogP contribution >= 0.6 is 0 Å². The number of rotatable bonds is 1. The van der Waals surface area contributed by atoms with E-state index in [0.29, 0.717) is 13.1 Å². The molecule has 1 heterocycles. The number of ether oxygens (including phenoxy) is 1. The fourth-order valence-electron chi connectivity index (χ4n) is 1.68. The normalized spacial score (nSPS) is 20.9. The molecule has 1 aliphatic rings. The van der Waals surface area contributed by atoms with Gasteiger partial charge >= 0.3 is 6.09 Å². The molecule has 0 aromatic heterocycles. The van der Waals surface area contributed by atoms with E-state index in [1.807, 2.05) is 20.8 Å². The lowest BCUT2D eigenvalue weighted by Gasteiger charge is -2.30. The number of hydrogen-bond donors (Lipinski definition) is 1. The Morgan fingerprint density at radius 2 is 1.86 bits per heavy atom. The molecule has 0 aliphatic carbocycles. The van der Waals surface area contributed by atoms with Crippen molar-refractivity contribution in [2.24, 2.45) is 0 Å². The highest BCUT2D eigenvalue weighted by molar-refractivity contribution is 5.60. The van der Waals surface area contributed by atoms with E-state index >= 15 is 0 Å². The second kappa shape index (κ2) is 3.87. The van der Waals surface area contributed by atoms with E-state index in [-0.39, 0.29) is 17.3 Å². The molecule has 0 radical (unpaired) electrons. The van der Waals surface area contributed by atoms with Gasteiger partial charge in [-0.3, -0.25) is 0 Å². The molecule has 4 nitrogen and oxygen atoms in total. The van der Waals surface area contributed by atoms with Gasteiger partial charge in [0.15, 0.2) is 6.73 Å². The fraction of sp³-hybridized carbons (Fsp3) is 0.900. The molecule has 82 valence electrons. The predicted molar refractivity (Wildman–Crippen MR) is 52.5 cm³/mol. The molecule has 14 heavy (non-hydrogen) atoms. The molecule has 1 aliphatic heterocycles. The number of nitrogens with zero attached hydrogens (tertiary/aromatic N) is 1. The van der Waals surface area contributed by atoms with Gasteiger partial charge in [-0.2, -0.15) is 4.79 Å². The van der Waals surface area contributed by atoms with Crippen LogP contribution in [0.4, 0.5) is 4.79 Å². The predicted octanol–water partition coefficient (Wildman–Crippen LogP) is 1.48. The van der Waals surface area contributed by atoms with Gasteiger partial charge in [-0.15, -0.1) is 0 Å². The first kappa shape index (κ1) is 11.5. The Labute approximate surface area is 85.1 Å². The molecule has 0 unspecified atom stereocenters. The molecule has 0 atom stereocenters. The largest absolute Gasteiger partial charge is 0.518 e. The first-order chi connectivity index (χ1) is 6.40. The summed E-state index contributed by atoms with van der Waals surface area (Å²) in [6.07, 6.45) is 1.68. The van der Waals surface area contributed by atoms with Gasteiger partial charge in [-0.05, 0) is 20.8 Å². The zero-order valence-electron chi connectivity index (χ0n) is 9.25. The van der Waals surface area contributed by atoms with Crippen LogP contribution in [0.15, 0.2) is 0 Å². The van der Waals surface area contributed by atoms with Crippen molar-refractivity contribution in [3.05, 3.63) is 0 Å². The van der Waals surface area contributed by atoms with Crippen LogP contribution in [0, 0.1) is 0 Å². The average molecular weight is 202 g/mol. The Bertz CT molecular complexity index is 214. The second-order valence-electron chi connectivity index (χ2n) is 4.92. The molecule has 4 heteroatoms. The van der Waals surface area contributed by atoms with Crippen molar-refractivity contribution in [3.8, 4) is 0 Å². The summed E-state index contributed by atoms with van der Waals surface area (Å²) < 4.78 is 5.37. The number of quaternary nitrogens is 1. The van der Waals surface area contributed by atoms with Gasteiger partial charge in [0.25, 0.3) is 0 Å². The number of carbonyl (C=O) groups excluding carboxylic acids is 1. The van der Waals surface area contributed by atoms with Gasteiger partial charge in [-0.25, -0.2) is 4.48 Å². The average Bonchev–Trinajstić information content (AvgIpc) is 2.49. The Hall–Kier alpha value is -0.610. The molecule has 0 aromatic rings. The van der Waals surface area contributed by atoms with Gasteiger partial charge in [-0.1, -0.05) is 0 Å². The van der Waals surface area contributed by atoms with E-state index in [9.17, 15) is 9.90 Å². The van der Waals surface area contributed by atoms with E-state index in [0.717, 1.165) is 12.8 Å². The van der Waals surface area contributed by atoms with E-state index < -0.39 is 5.60 Å². The van der Waals surface area contributed by atoms with Gasteiger partial charge in [0, 0.05) is 12.8 Å². The maximum atomic E-state index is 11.8. The van der Waals surface area contributed by atoms with E-state index in [1.165, 1.54) is 0 Å². The van der Waals surface area contributed by atoms with Crippen molar-refractivity contribution in [1.29, 1.82) is 0 Å². The van der Waals surface area contributed by atoms with Crippen LogP contribution in [0.5, 0.6) is 0 Å². The van der Waals surface area contributed by atoms with Crippen molar-refractivity contribution in [3.63, 3.8) is 0 Å². The number of aliphatic hydroxyl groups excluding tert-OH is 1. The summed E-state index contributed by atoms with van der Waals surface area (Å²) in [5.41, 5.74) is -0.472. The van der Waals surface area contributed by atoms with Crippen LogP contribution in [0.1, 0.15) is 33.6 Å². The molecular formula is C10H20NO3+. The minimum absolute atomic E-state index is 0.0806. The third kappa shape index (κ3) is 2.45. The molecule has 1 amide bonds. The molecule has 1 fully saturated rings. The number of amides is 1. The summed E-state index contributed by atoms with van der Waals surface area (Å²) >= 11 is 0. The van der Waals surface area contributed by atoms with Crippen LogP contribution in [-0.4, -0.2) is 41.1 Å². The highest BCUT2D eigenvalue weighted by atomic mass is 16.6. The van der Waals surface area contributed by atoms with Crippen LogP contribution in [-0.2, 0) is 4.74 Å². The minimum atomic E-state index is -0.472. The Morgan fingerprint density at radius 3 is 2.21 bits per heavy atom. The van der Waals surface area contributed by atoms with Gasteiger partial charge in [0.2, 0.25) is 0 Å². The molecule has 1 rings (SSSR count). The lowest BCUT2D eigenvalue weighted by atomic mass is 10.2. The lowest BCUT2D eigenvalue weighted by molar-refractivity contribution is -0.865. The first-order valence-electron chi connectivity index (χ1n) is 5.10. The van der Waals surface area contributed by atoms with E-state index in [2.05, 4.69) is 0 Å². The van der Waals surface area contributed by atoms with Crippen molar-refractivity contribution in [2.45, 2.75) is 39.2 Å². The number of likely N-dealkylation sites (tertiary alicyclic amines) is 1. The summed E-state index contributed by atoms with van der Waals surface area (Å²) in [6, 6.07) is 0. The maximum absolute atomic E-state index is 11.8. The monoisotopic (exact) mass is 202 g/mol. The van der Waals surface area contributed by atoms with Crippen LogP contribution < -0.4 is 0 Å². The molecule has 0 spiro atoms. The van der Waals surface area contributed by atoms with E-state index in [1.54, 1.807) is 0 Å². The van der Waals surface area contributed by atoms with Crippen molar-refractivity contribution >= 4 is 6.09 Å². The lowest BCUT2D eigenvalue weighted by Crippen LogP contribution is -2.53. The first-order valence-corrected chi connectivity index (χ1v) is 5.10. The van der Waals surface area contributed by atoms with E-state index in [4.69, 9.17) is 4.74 Å². The molecule has 1 saturated heterocycles. The molecule has 0 saturated carbocycles. The smallest absolute Gasteiger partial charge is 0.414 e. The summed E-state index contributed by atoms with van der Waals surface area (Å²) in [6.45, 7) is 6.78. The number of hydrogen-bond acceptors (Lipinski definition) is 3. The van der Waals surface area contributed by atoms with Crippen molar-refractivity contribution < 1.29 is 19.1 Å². The quantitative estimate of drug-likeness (QED) is 0.655. The van der Waals surface area contributed by atoms with Gasteiger partial charge in [0.05, 0.1) is 13.1 Å². The highest BCUT2D eigenvalue weighted by Gasteiger charge is 2.42. The number of aliphatic hydroxyl groups is 1. The fourth-order valence-corrected chi connectivity index (χ4v) is 1.68. The second-order valence-corrected chi connectivity index (χ2v) is 4.92. The Kier molecular flexibility index (Phi) is 3.17. The van der Waals surface area contributed by atoms with Gasteiger partial charge in [0.1, 0.15) is 5.60 Å². The summed E-state index contributed by atoms with van der Waals surface area (Å²) in [7, 11) is 0. The minimum Gasteiger partial charge on any atom is -0.414 e. The molecule has 1 N–H and O–H groups in total.